The predicted molar refractivity (Wildman–Crippen MR) is 41.1 cm³/mol. The van der Waals surface area contributed by atoms with Gasteiger partial charge in [0, 0.05) is 11.8 Å². The molecular weight excluding hydrogens is 146 g/mol. The van der Waals surface area contributed by atoms with Crippen molar-refractivity contribution in [2.24, 2.45) is 0 Å². The summed E-state index contributed by atoms with van der Waals surface area (Å²) in [6.07, 6.45) is 3.46. The summed E-state index contributed by atoms with van der Waals surface area (Å²) in [6.45, 7) is 0. The van der Waals surface area contributed by atoms with Gasteiger partial charge in [-0.2, -0.15) is 0 Å². The number of aldehydes is 1. The van der Waals surface area contributed by atoms with E-state index in [1.165, 1.54) is 0 Å². The minimum atomic E-state index is 0.650. The summed E-state index contributed by atoms with van der Waals surface area (Å²) in [5, 5.41) is 2.02. The molecule has 1 aromatic rings. The Morgan fingerprint density at radius 2 is 2.60 bits per heavy atom. The SMILES string of the molecule is O=CCCCc1cscn1. The second kappa shape index (κ2) is 4.17. The maximum absolute atomic E-state index is 9.92. The third kappa shape index (κ3) is 2.27. The number of hydrogen-bond donors (Lipinski definition) is 0. The van der Waals surface area contributed by atoms with E-state index in [2.05, 4.69) is 4.98 Å². The first kappa shape index (κ1) is 7.41. The maximum Gasteiger partial charge on any atom is 0.120 e. The van der Waals surface area contributed by atoms with E-state index in [9.17, 15) is 4.79 Å². The highest BCUT2D eigenvalue weighted by Crippen LogP contribution is 2.04. The van der Waals surface area contributed by atoms with Crippen molar-refractivity contribution in [2.45, 2.75) is 19.3 Å². The largest absolute Gasteiger partial charge is 0.303 e. The van der Waals surface area contributed by atoms with Crippen LogP contribution in [0, 0.1) is 0 Å². The van der Waals surface area contributed by atoms with Crippen LogP contribution < -0.4 is 0 Å². The topological polar surface area (TPSA) is 30.0 Å². The number of nitrogens with zero attached hydrogens (tertiary/aromatic N) is 1. The lowest BCUT2D eigenvalue weighted by molar-refractivity contribution is -0.107. The van der Waals surface area contributed by atoms with Crippen molar-refractivity contribution in [3.8, 4) is 0 Å². The standard InChI is InChI=1S/C7H9NOS/c9-4-2-1-3-7-5-10-6-8-7/h4-6H,1-3H2. The van der Waals surface area contributed by atoms with Crippen molar-refractivity contribution < 1.29 is 4.79 Å². The van der Waals surface area contributed by atoms with Gasteiger partial charge in [-0.3, -0.25) is 0 Å². The van der Waals surface area contributed by atoms with Gasteiger partial charge in [-0.25, -0.2) is 4.98 Å². The second-order valence-electron chi connectivity index (χ2n) is 2.04. The van der Waals surface area contributed by atoms with E-state index < -0.39 is 0 Å². The molecule has 0 bridgehead atoms. The molecule has 1 aromatic heterocycles. The molecule has 3 heteroatoms. The Bertz CT molecular complexity index is 183. The van der Waals surface area contributed by atoms with E-state index in [0.717, 1.165) is 24.8 Å². The van der Waals surface area contributed by atoms with Gasteiger partial charge < -0.3 is 4.79 Å². The molecule has 0 saturated heterocycles. The van der Waals surface area contributed by atoms with Gasteiger partial charge >= 0.3 is 0 Å². The summed E-state index contributed by atoms with van der Waals surface area (Å²) in [6, 6.07) is 0. The zero-order valence-corrected chi connectivity index (χ0v) is 6.43. The molecule has 0 amide bonds. The van der Waals surface area contributed by atoms with E-state index >= 15 is 0 Å². The van der Waals surface area contributed by atoms with Gasteiger partial charge in [-0.1, -0.05) is 0 Å². The molecule has 0 unspecified atom stereocenters. The van der Waals surface area contributed by atoms with Crippen LogP contribution in [0.15, 0.2) is 10.9 Å². The summed E-state index contributed by atoms with van der Waals surface area (Å²) in [5.74, 6) is 0. The van der Waals surface area contributed by atoms with E-state index in [1.807, 2.05) is 10.9 Å². The Kier molecular flexibility index (Phi) is 3.09. The first-order valence-electron chi connectivity index (χ1n) is 3.24. The fourth-order valence-electron chi connectivity index (χ4n) is 0.728. The summed E-state index contributed by atoms with van der Waals surface area (Å²) in [5.41, 5.74) is 2.92. The molecule has 0 aliphatic carbocycles. The van der Waals surface area contributed by atoms with Crippen LogP contribution in [0.2, 0.25) is 0 Å². The van der Waals surface area contributed by atoms with Gasteiger partial charge in [0.2, 0.25) is 0 Å². The third-order valence-corrected chi connectivity index (χ3v) is 1.87. The minimum absolute atomic E-state index is 0.650. The molecule has 0 fully saturated rings. The molecule has 0 aliphatic rings. The summed E-state index contributed by atoms with van der Waals surface area (Å²) >= 11 is 1.60. The first-order valence-corrected chi connectivity index (χ1v) is 4.18. The fourth-order valence-corrected chi connectivity index (χ4v) is 1.32. The summed E-state index contributed by atoms with van der Waals surface area (Å²) in [4.78, 5) is 14.0. The Labute approximate surface area is 63.9 Å². The Balaban J connectivity index is 2.21. The quantitative estimate of drug-likeness (QED) is 0.489. The molecule has 0 saturated carbocycles. The molecule has 0 aliphatic heterocycles. The Morgan fingerprint density at radius 1 is 1.70 bits per heavy atom. The molecule has 0 aromatic carbocycles. The highest BCUT2D eigenvalue weighted by atomic mass is 32.1. The van der Waals surface area contributed by atoms with Crippen molar-refractivity contribution in [2.75, 3.05) is 0 Å². The van der Waals surface area contributed by atoms with Crippen molar-refractivity contribution in [3.05, 3.63) is 16.6 Å². The van der Waals surface area contributed by atoms with Crippen LogP contribution in [-0.2, 0) is 11.2 Å². The molecule has 2 nitrogen and oxygen atoms in total. The number of rotatable bonds is 4. The Morgan fingerprint density at radius 3 is 3.20 bits per heavy atom. The highest BCUT2D eigenvalue weighted by Gasteiger charge is 1.92. The lowest BCUT2D eigenvalue weighted by atomic mass is 10.2. The number of carbonyl (C=O) groups is 1. The number of unbranched alkanes of at least 4 members (excludes halogenated alkanes) is 1. The lowest BCUT2D eigenvalue weighted by Gasteiger charge is -1.89. The number of hydrogen-bond acceptors (Lipinski definition) is 3. The van der Waals surface area contributed by atoms with Crippen molar-refractivity contribution in [1.29, 1.82) is 0 Å². The number of carbonyl (C=O) groups excluding carboxylic acids is 1. The molecule has 0 N–H and O–H groups in total. The van der Waals surface area contributed by atoms with Gasteiger partial charge in [0.05, 0.1) is 11.2 Å². The van der Waals surface area contributed by atoms with Crippen molar-refractivity contribution >= 4 is 17.6 Å². The highest BCUT2D eigenvalue weighted by molar-refractivity contribution is 7.07. The van der Waals surface area contributed by atoms with E-state index in [1.54, 1.807) is 11.3 Å². The maximum atomic E-state index is 9.92. The van der Waals surface area contributed by atoms with E-state index in [0.29, 0.717) is 6.42 Å². The average molecular weight is 155 g/mol. The van der Waals surface area contributed by atoms with Crippen LogP contribution in [-0.4, -0.2) is 11.3 Å². The van der Waals surface area contributed by atoms with Gasteiger partial charge in [0.25, 0.3) is 0 Å². The molecule has 1 heterocycles. The molecule has 1 rings (SSSR count). The van der Waals surface area contributed by atoms with Gasteiger partial charge in [0.15, 0.2) is 0 Å². The fraction of sp³-hybridized carbons (Fsp3) is 0.429. The van der Waals surface area contributed by atoms with Crippen molar-refractivity contribution in [3.63, 3.8) is 0 Å². The molecular formula is C7H9NOS. The average Bonchev–Trinajstić information content (AvgIpc) is 2.41. The molecule has 10 heavy (non-hydrogen) atoms. The molecule has 54 valence electrons. The normalized spacial score (nSPS) is 9.60. The molecule has 0 radical (unpaired) electrons. The van der Waals surface area contributed by atoms with Crippen molar-refractivity contribution in [1.82, 2.24) is 4.98 Å². The van der Waals surface area contributed by atoms with Gasteiger partial charge in [0.1, 0.15) is 6.29 Å². The zero-order valence-electron chi connectivity index (χ0n) is 5.62. The number of thiazole rings is 1. The molecule has 0 atom stereocenters. The second-order valence-corrected chi connectivity index (χ2v) is 2.76. The van der Waals surface area contributed by atoms with Crippen LogP contribution in [0.4, 0.5) is 0 Å². The predicted octanol–water partition coefficient (Wildman–Crippen LogP) is 1.66. The zero-order chi connectivity index (χ0) is 7.23. The lowest BCUT2D eigenvalue weighted by Crippen LogP contribution is -1.84. The van der Waals surface area contributed by atoms with E-state index in [4.69, 9.17) is 0 Å². The van der Waals surface area contributed by atoms with Crippen LogP contribution in [0.1, 0.15) is 18.5 Å². The number of aromatic nitrogens is 1. The van der Waals surface area contributed by atoms with Gasteiger partial charge in [-0.15, -0.1) is 11.3 Å². The monoisotopic (exact) mass is 155 g/mol. The van der Waals surface area contributed by atoms with Crippen LogP contribution in [0.3, 0.4) is 0 Å². The third-order valence-electron chi connectivity index (χ3n) is 1.24. The van der Waals surface area contributed by atoms with E-state index in [-0.39, 0.29) is 0 Å². The Hall–Kier alpha value is -0.700. The summed E-state index contributed by atoms with van der Waals surface area (Å²) < 4.78 is 0. The first-order chi connectivity index (χ1) is 4.93. The van der Waals surface area contributed by atoms with Crippen LogP contribution in [0.25, 0.3) is 0 Å². The smallest absolute Gasteiger partial charge is 0.120 e. The minimum Gasteiger partial charge on any atom is -0.303 e. The summed E-state index contributed by atoms with van der Waals surface area (Å²) in [7, 11) is 0. The number of aryl methyl sites for hydroxylation is 1. The van der Waals surface area contributed by atoms with Crippen LogP contribution in [0.5, 0.6) is 0 Å². The van der Waals surface area contributed by atoms with Gasteiger partial charge in [-0.05, 0) is 12.8 Å². The van der Waals surface area contributed by atoms with Crippen LogP contribution >= 0.6 is 11.3 Å². The molecule has 0 spiro atoms.